The normalized spacial score (nSPS) is 14.9. The number of anilines is 1. The Morgan fingerprint density at radius 1 is 1.03 bits per heavy atom. The number of carbonyl (C=O) groups is 2. The average Bonchev–Trinajstić information content (AvgIpc) is 2.92. The number of ether oxygens (including phenoxy) is 1. The Hall–Kier alpha value is -3.99. The van der Waals surface area contributed by atoms with Crippen LogP contribution in [0.2, 0.25) is 5.02 Å². The third-order valence-electron chi connectivity index (χ3n) is 5.97. The lowest BCUT2D eigenvalue weighted by Crippen LogP contribution is -2.29. The molecule has 0 aliphatic carbocycles. The van der Waals surface area contributed by atoms with Gasteiger partial charge in [-0.3, -0.25) is 4.79 Å². The minimum absolute atomic E-state index is 0.0792. The van der Waals surface area contributed by atoms with Gasteiger partial charge in [-0.05, 0) is 49.2 Å². The van der Waals surface area contributed by atoms with Gasteiger partial charge in [-0.15, -0.1) is 0 Å². The molecule has 1 atom stereocenters. The molecule has 3 aromatic rings. The first kappa shape index (κ1) is 27.1. The Kier molecular flexibility index (Phi) is 8.90. The summed E-state index contributed by atoms with van der Waals surface area (Å²) in [5.74, 6) is -1.32. The lowest BCUT2D eigenvalue weighted by atomic mass is 9.82. The second-order valence-corrected chi connectivity index (χ2v) is 10.2. The number of hydrogen-bond donors (Lipinski definition) is 2. The van der Waals surface area contributed by atoms with Crippen molar-refractivity contribution in [2.75, 3.05) is 11.1 Å². The maximum absolute atomic E-state index is 13.3. The van der Waals surface area contributed by atoms with Gasteiger partial charge in [0.2, 0.25) is 5.91 Å². The number of esters is 1. The van der Waals surface area contributed by atoms with Crippen LogP contribution in [-0.2, 0) is 20.9 Å². The van der Waals surface area contributed by atoms with Gasteiger partial charge >= 0.3 is 5.97 Å². The molecule has 6 nitrogen and oxygen atoms in total. The first-order valence-corrected chi connectivity index (χ1v) is 13.3. The topological polar surface area (TPSA) is 91.2 Å². The fourth-order valence-electron chi connectivity index (χ4n) is 4.06. The number of carbonyl (C=O) groups excluding carboxylic acids is 2. The van der Waals surface area contributed by atoms with Gasteiger partial charge in [-0.25, -0.2) is 4.79 Å². The molecule has 38 heavy (non-hydrogen) atoms. The molecule has 0 radical (unpaired) electrons. The van der Waals surface area contributed by atoms with Gasteiger partial charge in [0.05, 0.1) is 33.9 Å². The van der Waals surface area contributed by atoms with Crippen molar-refractivity contribution in [2.24, 2.45) is 0 Å². The molecule has 0 aromatic heterocycles. The van der Waals surface area contributed by atoms with E-state index < -0.39 is 11.9 Å². The van der Waals surface area contributed by atoms with E-state index in [1.807, 2.05) is 61.5 Å². The Bertz CT molecular complexity index is 1430. The van der Waals surface area contributed by atoms with Crippen molar-refractivity contribution in [3.8, 4) is 6.07 Å². The lowest BCUT2D eigenvalue weighted by Gasteiger charge is -2.29. The molecule has 1 unspecified atom stereocenters. The maximum atomic E-state index is 13.3. The smallest absolute Gasteiger partial charge is 0.337 e. The van der Waals surface area contributed by atoms with E-state index in [4.69, 9.17) is 16.3 Å². The number of amides is 1. The van der Waals surface area contributed by atoms with Crippen molar-refractivity contribution in [1.82, 2.24) is 5.32 Å². The summed E-state index contributed by atoms with van der Waals surface area (Å²) in [7, 11) is 0. The number of nitrogens with one attached hydrogen (secondary N) is 2. The molecule has 0 spiro atoms. The highest BCUT2D eigenvalue weighted by molar-refractivity contribution is 8.03. The van der Waals surface area contributed by atoms with Crippen LogP contribution in [-0.4, -0.2) is 17.6 Å². The van der Waals surface area contributed by atoms with Crippen LogP contribution in [0.15, 0.2) is 101 Å². The predicted molar refractivity (Wildman–Crippen MR) is 151 cm³/mol. The summed E-state index contributed by atoms with van der Waals surface area (Å²) < 4.78 is 5.65. The van der Waals surface area contributed by atoms with E-state index >= 15 is 0 Å². The van der Waals surface area contributed by atoms with Gasteiger partial charge in [-0.2, -0.15) is 5.26 Å². The summed E-state index contributed by atoms with van der Waals surface area (Å²) in [5.41, 5.74) is 4.61. The molecular weight excluding hydrogens is 518 g/mol. The number of nitrogens with zero attached hydrogens (tertiary/aromatic N) is 1. The molecule has 1 aliphatic heterocycles. The number of thioether (sulfide) groups is 1. The van der Waals surface area contributed by atoms with Crippen LogP contribution in [0.4, 0.5) is 5.69 Å². The first-order valence-electron chi connectivity index (χ1n) is 11.9. The van der Waals surface area contributed by atoms with E-state index in [9.17, 15) is 14.9 Å². The van der Waals surface area contributed by atoms with Crippen LogP contribution in [0.5, 0.6) is 0 Å². The summed E-state index contributed by atoms with van der Waals surface area (Å²) >= 11 is 7.32. The van der Waals surface area contributed by atoms with Gasteiger partial charge in [0.1, 0.15) is 6.61 Å². The van der Waals surface area contributed by atoms with Crippen molar-refractivity contribution >= 4 is 40.9 Å². The summed E-state index contributed by atoms with van der Waals surface area (Å²) in [6, 6.07) is 26.2. The summed E-state index contributed by atoms with van der Waals surface area (Å²) in [4.78, 5) is 26.0. The quantitative estimate of drug-likeness (QED) is 0.317. The van der Waals surface area contributed by atoms with Crippen LogP contribution in [0.25, 0.3) is 0 Å². The molecule has 1 amide bonds. The molecule has 2 N–H and O–H groups in total. The summed E-state index contributed by atoms with van der Waals surface area (Å²) in [5, 5.41) is 17.3. The molecule has 192 valence electrons. The van der Waals surface area contributed by atoms with Crippen LogP contribution in [0, 0.1) is 18.3 Å². The van der Waals surface area contributed by atoms with Gasteiger partial charge in [-0.1, -0.05) is 83.5 Å². The largest absolute Gasteiger partial charge is 0.457 e. The standard InChI is InChI=1S/C30H26ClN3O3S/c1-19-8-14-24(15-9-19)34-26(35)18-38-29-25(16-32)28(22-10-12-23(31)13-11-22)27(20(2)33-29)30(36)37-17-21-6-4-3-5-7-21/h3-15,28,33H,17-18H2,1-2H3,(H,34,35). The third kappa shape index (κ3) is 6.65. The second-order valence-electron chi connectivity index (χ2n) is 8.77. The number of allylic oxidation sites excluding steroid dienone is 2. The van der Waals surface area contributed by atoms with Crippen molar-refractivity contribution in [3.05, 3.63) is 122 Å². The number of rotatable bonds is 8. The average molecular weight is 544 g/mol. The van der Waals surface area contributed by atoms with Crippen LogP contribution < -0.4 is 10.6 Å². The highest BCUT2D eigenvalue weighted by Gasteiger charge is 2.35. The van der Waals surface area contributed by atoms with Crippen LogP contribution in [0.1, 0.15) is 29.5 Å². The van der Waals surface area contributed by atoms with Gasteiger partial charge < -0.3 is 15.4 Å². The number of hydrogen-bond acceptors (Lipinski definition) is 6. The second kappa shape index (κ2) is 12.5. The number of benzene rings is 3. The lowest BCUT2D eigenvalue weighted by molar-refractivity contribution is -0.140. The zero-order chi connectivity index (χ0) is 27.1. The highest BCUT2D eigenvalue weighted by Crippen LogP contribution is 2.41. The monoisotopic (exact) mass is 543 g/mol. The van der Waals surface area contributed by atoms with E-state index in [0.717, 1.165) is 16.7 Å². The highest BCUT2D eigenvalue weighted by atomic mass is 35.5. The minimum atomic E-state index is -0.676. The minimum Gasteiger partial charge on any atom is -0.457 e. The van der Waals surface area contributed by atoms with Gasteiger partial charge in [0.25, 0.3) is 0 Å². The van der Waals surface area contributed by atoms with Gasteiger partial charge in [0, 0.05) is 16.4 Å². The molecule has 1 heterocycles. The van der Waals surface area contributed by atoms with Crippen molar-refractivity contribution in [3.63, 3.8) is 0 Å². The van der Waals surface area contributed by atoms with Crippen LogP contribution >= 0.6 is 23.4 Å². The summed E-state index contributed by atoms with van der Waals surface area (Å²) in [6.07, 6.45) is 0. The molecule has 0 fully saturated rings. The van der Waals surface area contributed by atoms with Crippen molar-refractivity contribution in [1.29, 1.82) is 5.26 Å². The van der Waals surface area contributed by atoms with E-state index in [1.165, 1.54) is 11.8 Å². The fourth-order valence-corrected chi connectivity index (χ4v) is 5.08. The first-order chi connectivity index (χ1) is 18.4. The van der Waals surface area contributed by atoms with Gasteiger partial charge in [0.15, 0.2) is 0 Å². The van der Waals surface area contributed by atoms with E-state index in [2.05, 4.69) is 16.7 Å². The molecule has 1 aliphatic rings. The number of halogens is 1. The Labute approximate surface area is 231 Å². The molecule has 3 aromatic carbocycles. The molecule has 0 bridgehead atoms. The SMILES string of the molecule is CC1=C(C(=O)OCc2ccccc2)C(c2ccc(Cl)cc2)C(C#N)=C(SCC(=O)Nc2ccc(C)cc2)N1. The molecule has 0 saturated carbocycles. The molecule has 4 rings (SSSR count). The number of dihydropyridines is 1. The van der Waals surface area contributed by atoms with Crippen LogP contribution in [0.3, 0.4) is 0 Å². The van der Waals surface area contributed by atoms with E-state index in [1.54, 1.807) is 31.2 Å². The predicted octanol–water partition coefficient (Wildman–Crippen LogP) is 6.46. The van der Waals surface area contributed by atoms with Crippen molar-refractivity contribution in [2.45, 2.75) is 26.4 Å². The molecule has 8 heteroatoms. The Morgan fingerprint density at radius 3 is 2.37 bits per heavy atom. The van der Waals surface area contributed by atoms with E-state index in [0.29, 0.717) is 32.6 Å². The molecule has 0 saturated heterocycles. The van der Waals surface area contributed by atoms with Crippen molar-refractivity contribution < 1.29 is 14.3 Å². The number of nitriles is 1. The number of aryl methyl sites for hydroxylation is 1. The fraction of sp³-hybridized carbons (Fsp3) is 0.167. The third-order valence-corrected chi connectivity index (χ3v) is 7.24. The van der Waals surface area contributed by atoms with E-state index in [-0.39, 0.29) is 18.3 Å². The zero-order valence-corrected chi connectivity index (χ0v) is 22.5. The summed E-state index contributed by atoms with van der Waals surface area (Å²) in [6.45, 7) is 3.85. The Morgan fingerprint density at radius 2 is 1.71 bits per heavy atom. The zero-order valence-electron chi connectivity index (χ0n) is 21.0. The Balaban J connectivity index is 1.58. The maximum Gasteiger partial charge on any atom is 0.337 e. The molecular formula is C30H26ClN3O3S.